The van der Waals surface area contributed by atoms with Gasteiger partial charge in [0, 0.05) is 17.1 Å². The molecule has 0 aromatic heterocycles. The molecular formula is C13H20BrFN2. The van der Waals surface area contributed by atoms with E-state index in [2.05, 4.69) is 33.1 Å². The number of likely N-dealkylation sites (N-methyl/N-ethyl adjacent to an activating group) is 2. The Morgan fingerprint density at radius 3 is 2.59 bits per heavy atom. The maximum atomic E-state index is 13.3. The number of benzene rings is 1. The zero-order valence-corrected chi connectivity index (χ0v) is 12.2. The Bertz CT molecular complexity index is 335. The van der Waals surface area contributed by atoms with Gasteiger partial charge in [0.05, 0.1) is 0 Å². The van der Waals surface area contributed by atoms with Crippen LogP contribution in [0.1, 0.15) is 12.5 Å². The Morgan fingerprint density at radius 1 is 1.35 bits per heavy atom. The quantitative estimate of drug-likeness (QED) is 0.869. The van der Waals surface area contributed by atoms with Gasteiger partial charge in [0.15, 0.2) is 0 Å². The van der Waals surface area contributed by atoms with Crippen LogP contribution in [0.2, 0.25) is 0 Å². The molecule has 2 nitrogen and oxygen atoms in total. The highest BCUT2D eigenvalue weighted by Crippen LogP contribution is 2.16. The van der Waals surface area contributed by atoms with E-state index in [0.29, 0.717) is 6.04 Å². The Hall–Kier alpha value is -0.450. The third kappa shape index (κ3) is 5.61. The van der Waals surface area contributed by atoms with Gasteiger partial charge in [-0.2, -0.15) is 0 Å². The van der Waals surface area contributed by atoms with Gasteiger partial charge in [-0.15, -0.1) is 0 Å². The molecule has 1 unspecified atom stereocenters. The molecule has 0 radical (unpaired) electrons. The molecule has 1 N–H and O–H groups in total. The van der Waals surface area contributed by atoms with E-state index in [-0.39, 0.29) is 5.82 Å². The van der Waals surface area contributed by atoms with Gasteiger partial charge < -0.3 is 10.2 Å². The molecule has 1 aromatic rings. The van der Waals surface area contributed by atoms with E-state index >= 15 is 0 Å². The molecule has 0 aliphatic heterocycles. The topological polar surface area (TPSA) is 15.3 Å². The average molecular weight is 303 g/mol. The van der Waals surface area contributed by atoms with Gasteiger partial charge in [-0.05, 0) is 50.8 Å². The van der Waals surface area contributed by atoms with Crippen LogP contribution >= 0.6 is 15.9 Å². The lowest BCUT2D eigenvalue weighted by Gasteiger charge is -2.22. The van der Waals surface area contributed by atoms with Crippen molar-refractivity contribution < 1.29 is 4.39 Å². The first-order chi connectivity index (χ1) is 8.01. The molecule has 96 valence electrons. The zero-order chi connectivity index (χ0) is 12.8. The highest BCUT2D eigenvalue weighted by molar-refractivity contribution is 9.10. The van der Waals surface area contributed by atoms with Crippen LogP contribution in [0, 0.1) is 5.82 Å². The summed E-state index contributed by atoms with van der Waals surface area (Å²) < 4.78 is 14.1. The molecule has 0 amide bonds. The lowest BCUT2D eigenvalue weighted by Crippen LogP contribution is -2.39. The molecule has 0 fully saturated rings. The maximum Gasteiger partial charge on any atom is 0.124 e. The Labute approximate surface area is 111 Å². The monoisotopic (exact) mass is 302 g/mol. The van der Waals surface area contributed by atoms with Crippen LogP contribution in [-0.2, 0) is 6.42 Å². The SMILES string of the molecule is CCNC(Cc1cc(F)cc(Br)c1)CN(C)C. The van der Waals surface area contributed by atoms with E-state index in [0.717, 1.165) is 29.5 Å². The third-order valence-electron chi connectivity index (χ3n) is 2.48. The van der Waals surface area contributed by atoms with Crippen molar-refractivity contribution in [2.45, 2.75) is 19.4 Å². The molecule has 0 bridgehead atoms. The van der Waals surface area contributed by atoms with Crippen LogP contribution in [0.15, 0.2) is 22.7 Å². The lowest BCUT2D eigenvalue weighted by molar-refractivity contribution is 0.339. The molecule has 0 saturated heterocycles. The smallest absolute Gasteiger partial charge is 0.124 e. The fourth-order valence-corrected chi connectivity index (χ4v) is 2.46. The van der Waals surface area contributed by atoms with Gasteiger partial charge in [0.25, 0.3) is 0 Å². The lowest BCUT2D eigenvalue weighted by atomic mass is 10.1. The largest absolute Gasteiger partial charge is 0.313 e. The molecule has 0 aliphatic carbocycles. The summed E-state index contributed by atoms with van der Waals surface area (Å²) in [6.45, 7) is 3.96. The summed E-state index contributed by atoms with van der Waals surface area (Å²) in [5.74, 6) is -0.186. The number of nitrogens with zero attached hydrogens (tertiary/aromatic N) is 1. The van der Waals surface area contributed by atoms with Gasteiger partial charge in [-0.3, -0.25) is 0 Å². The predicted molar refractivity (Wildman–Crippen MR) is 73.8 cm³/mol. The highest BCUT2D eigenvalue weighted by atomic mass is 79.9. The van der Waals surface area contributed by atoms with E-state index in [1.165, 1.54) is 6.07 Å². The van der Waals surface area contributed by atoms with Crippen molar-refractivity contribution >= 4 is 15.9 Å². The van der Waals surface area contributed by atoms with Crippen molar-refractivity contribution in [3.05, 3.63) is 34.1 Å². The fourth-order valence-electron chi connectivity index (χ4n) is 1.94. The molecular weight excluding hydrogens is 283 g/mol. The first kappa shape index (κ1) is 14.6. The van der Waals surface area contributed by atoms with Crippen LogP contribution < -0.4 is 5.32 Å². The summed E-state index contributed by atoms with van der Waals surface area (Å²) >= 11 is 3.32. The summed E-state index contributed by atoms with van der Waals surface area (Å²) in [7, 11) is 4.09. The van der Waals surface area contributed by atoms with Crippen molar-refractivity contribution in [1.29, 1.82) is 0 Å². The number of hydrogen-bond donors (Lipinski definition) is 1. The first-order valence-electron chi connectivity index (χ1n) is 5.84. The molecule has 1 rings (SSSR count). The molecule has 0 saturated carbocycles. The summed E-state index contributed by atoms with van der Waals surface area (Å²) in [5, 5.41) is 3.42. The minimum atomic E-state index is -0.186. The predicted octanol–water partition coefficient (Wildman–Crippen LogP) is 2.67. The second-order valence-electron chi connectivity index (χ2n) is 4.50. The van der Waals surface area contributed by atoms with Crippen molar-refractivity contribution in [2.75, 3.05) is 27.2 Å². The molecule has 0 heterocycles. The van der Waals surface area contributed by atoms with Crippen molar-refractivity contribution in [3.8, 4) is 0 Å². The minimum absolute atomic E-state index is 0.186. The standard InChI is InChI=1S/C13H20BrFN2/c1-4-16-13(9-17(2)3)7-10-5-11(14)8-12(15)6-10/h5-6,8,13,16H,4,7,9H2,1-3H3. The highest BCUT2D eigenvalue weighted by Gasteiger charge is 2.10. The van der Waals surface area contributed by atoms with E-state index in [1.807, 2.05) is 20.2 Å². The van der Waals surface area contributed by atoms with Crippen LogP contribution in [0.4, 0.5) is 4.39 Å². The molecule has 1 atom stereocenters. The average Bonchev–Trinajstić information content (AvgIpc) is 2.14. The van der Waals surface area contributed by atoms with Gasteiger partial charge >= 0.3 is 0 Å². The molecule has 4 heteroatoms. The molecule has 17 heavy (non-hydrogen) atoms. The van der Waals surface area contributed by atoms with Crippen LogP contribution in [-0.4, -0.2) is 38.1 Å². The van der Waals surface area contributed by atoms with Gasteiger partial charge in [0.1, 0.15) is 5.82 Å². The van der Waals surface area contributed by atoms with E-state index in [9.17, 15) is 4.39 Å². The van der Waals surface area contributed by atoms with Crippen molar-refractivity contribution in [2.24, 2.45) is 0 Å². The third-order valence-corrected chi connectivity index (χ3v) is 2.94. The number of rotatable bonds is 6. The van der Waals surface area contributed by atoms with E-state index in [4.69, 9.17) is 0 Å². The van der Waals surface area contributed by atoms with E-state index < -0.39 is 0 Å². The fraction of sp³-hybridized carbons (Fsp3) is 0.538. The van der Waals surface area contributed by atoms with Gasteiger partial charge in [-0.25, -0.2) is 4.39 Å². The van der Waals surface area contributed by atoms with E-state index in [1.54, 1.807) is 6.07 Å². The van der Waals surface area contributed by atoms with Crippen molar-refractivity contribution in [1.82, 2.24) is 10.2 Å². The van der Waals surface area contributed by atoms with Crippen LogP contribution in [0.3, 0.4) is 0 Å². The summed E-state index contributed by atoms with van der Waals surface area (Å²) in [4.78, 5) is 2.14. The normalized spacial score (nSPS) is 13.1. The number of hydrogen-bond acceptors (Lipinski definition) is 2. The Morgan fingerprint density at radius 2 is 2.06 bits per heavy atom. The number of halogens is 2. The van der Waals surface area contributed by atoms with Crippen LogP contribution in [0.25, 0.3) is 0 Å². The number of nitrogens with one attached hydrogen (secondary N) is 1. The Kier molecular flexibility index (Phi) is 6.09. The molecule has 0 spiro atoms. The first-order valence-corrected chi connectivity index (χ1v) is 6.63. The minimum Gasteiger partial charge on any atom is -0.313 e. The maximum absolute atomic E-state index is 13.3. The summed E-state index contributed by atoms with van der Waals surface area (Å²) in [5.41, 5.74) is 1.02. The second kappa shape index (κ2) is 7.09. The van der Waals surface area contributed by atoms with Crippen molar-refractivity contribution in [3.63, 3.8) is 0 Å². The second-order valence-corrected chi connectivity index (χ2v) is 5.41. The van der Waals surface area contributed by atoms with Crippen LogP contribution in [0.5, 0.6) is 0 Å². The summed E-state index contributed by atoms with van der Waals surface area (Å²) in [6.07, 6.45) is 0.836. The molecule has 0 aliphatic rings. The van der Waals surface area contributed by atoms with Gasteiger partial charge in [-0.1, -0.05) is 22.9 Å². The Balaban J connectivity index is 2.70. The zero-order valence-electron chi connectivity index (χ0n) is 10.6. The summed E-state index contributed by atoms with van der Waals surface area (Å²) in [6, 6.07) is 5.41. The van der Waals surface area contributed by atoms with Gasteiger partial charge in [0.2, 0.25) is 0 Å². The molecule has 1 aromatic carbocycles.